The van der Waals surface area contributed by atoms with E-state index in [0.29, 0.717) is 0 Å². The molecule has 0 spiro atoms. The van der Waals surface area contributed by atoms with Gasteiger partial charge in [0.25, 0.3) is 0 Å². The van der Waals surface area contributed by atoms with E-state index < -0.39 is 97.3 Å². The van der Waals surface area contributed by atoms with Crippen LogP contribution in [0, 0.1) is 0 Å². The minimum Gasteiger partial charge on any atom is -0.479 e. The van der Waals surface area contributed by atoms with E-state index in [0.717, 1.165) is 0 Å². The highest BCUT2D eigenvalue weighted by Crippen LogP contribution is 2.64. The Kier molecular flexibility index (Phi) is 9.40. The molecule has 1 aliphatic rings. The first kappa shape index (κ1) is 36.1. The molecule has 0 aliphatic carbocycles. The predicted octanol–water partition coefficient (Wildman–Crippen LogP) is 3.29. The highest BCUT2D eigenvalue weighted by atomic mass is 19.4. The molecule has 5 atom stereocenters. The van der Waals surface area contributed by atoms with Gasteiger partial charge in [0.05, 0.1) is 6.61 Å². The average Bonchev–Trinajstić information content (AvgIpc) is 3.05. The summed E-state index contributed by atoms with van der Waals surface area (Å²) in [4.78, 5) is 10.6. The van der Waals surface area contributed by atoms with Gasteiger partial charge in [0.2, 0.25) is 0 Å². The Balaban J connectivity index is 3.24. The summed E-state index contributed by atoms with van der Waals surface area (Å²) in [5, 5.41) is 36.8. The van der Waals surface area contributed by atoms with Gasteiger partial charge in [-0.2, -0.15) is 74.6 Å². The highest BCUT2D eigenvalue weighted by Gasteiger charge is 2.95. The number of ether oxygens (including phenoxy) is 2. The van der Waals surface area contributed by atoms with E-state index in [4.69, 9.17) is 5.11 Å². The molecule has 7 nitrogen and oxygen atoms in total. The van der Waals surface area contributed by atoms with Crippen molar-refractivity contribution in [2.24, 2.45) is 0 Å². The lowest BCUT2D eigenvalue weighted by atomic mass is 9.88. The number of aliphatic carboxylic acids is 1. The molecule has 1 fully saturated rings. The van der Waals surface area contributed by atoms with Gasteiger partial charge in [-0.25, -0.2) is 4.79 Å². The van der Waals surface area contributed by atoms with Crippen molar-refractivity contribution in [1.82, 2.24) is 0 Å². The van der Waals surface area contributed by atoms with Crippen molar-refractivity contribution in [1.29, 1.82) is 0 Å². The van der Waals surface area contributed by atoms with E-state index in [-0.39, 0.29) is 0 Å². The predicted molar refractivity (Wildman–Crippen MR) is 85.6 cm³/mol. The quantitative estimate of drug-likeness (QED) is 0.242. The molecule has 40 heavy (non-hydrogen) atoms. The maximum Gasteiger partial charge on any atom is 0.460 e. The zero-order valence-corrected chi connectivity index (χ0v) is 18.2. The summed E-state index contributed by atoms with van der Waals surface area (Å²) < 4.78 is 233. The lowest BCUT2D eigenvalue weighted by molar-refractivity contribution is -0.462. The monoisotopic (exact) mass is 640 g/mol. The van der Waals surface area contributed by atoms with E-state index >= 15 is 0 Å². The molecule has 238 valence electrons. The minimum atomic E-state index is -8.77. The third-order valence-corrected chi connectivity index (χ3v) is 5.31. The first-order chi connectivity index (χ1) is 17.4. The molecule has 0 aromatic rings. The molecule has 0 unspecified atom stereocenters. The van der Waals surface area contributed by atoms with Crippen LogP contribution in [0.25, 0.3) is 0 Å². The first-order valence-electron chi connectivity index (χ1n) is 9.64. The average molecular weight is 640 g/mol. The van der Waals surface area contributed by atoms with Gasteiger partial charge in [-0.1, -0.05) is 0 Å². The molecule has 0 amide bonds. The summed E-state index contributed by atoms with van der Waals surface area (Å²) >= 11 is 0. The second kappa shape index (κ2) is 10.4. The second-order valence-electron chi connectivity index (χ2n) is 8.00. The third-order valence-electron chi connectivity index (χ3n) is 5.31. The number of carboxylic acids is 1. The van der Waals surface area contributed by atoms with Crippen molar-refractivity contribution < 1.29 is 109 Å². The lowest BCUT2D eigenvalue weighted by Crippen LogP contribution is -2.74. The molecule has 1 heterocycles. The zero-order chi connectivity index (χ0) is 32.3. The minimum absolute atomic E-state index is 2.12. The molecular weight excluding hydrogens is 627 g/mol. The van der Waals surface area contributed by atoms with Crippen molar-refractivity contribution in [3.8, 4) is 0 Å². The Morgan fingerprint density at radius 3 is 1.43 bits per heavy atom. The number of carboxylic acid groups (broad SMARTS) is 1. The number of halogens is 17. The Morgan fingerprint density at radius 2 is 1.05 bits per heavy atom. The topological polar surface area (TPSA) is 116 Å². The Morgan fingerprint density at radius 1 is 0.675 bits per heavy atom. The number of hydrogen-bond donors (Lipinski definition) is 4. The van der Waals surface area contributed by atoms with Crippen molar-refractivity contribution in [2.45, 2.75) is 84.8 Å². The van der Waals surface area contributed by atoms with Crippen molar-refractivity contribution in [3.63, 3.8) is 0 Å². The summed E-state index contributed by atoms with van der Waals surface area (Å²) in [6.45, 7) is -2.17. The summed E-state index contributed by atoms with van der Waals surface area (Å²) in [5.74, 6) is -59.7. The Hall–Kier alpha value is -1.92. The fourth-order valence-electron chi connectivity index (χ4n) is 2.87. The molecule has 4 N–H and O–H groups in total. The van der Waals surface area contributed by atoms with Gasteiger partial charge in [0.1, 0.15) is 18.3 Å². The standard InChI is InChI=1S/C16H13F17O7/c17-9(18,1-2-39-8-4(35)3(34)6(40-8)5(36)7(37)38)10(19,20)11(21,22)12(23,24)13(25,26)14(27,28)15(29,30)16(31,32)33/h3-6,8,34-36H,1-2H2,(H,37,38)/t3-,4-,5+,6+,8-/m1/s1. The number of aliphatic hydroxyl groups is 3. The fraction of sp³-hybridized carbons (Fsp3) is 0.938. The van der Waals surface area contributed by atoms with Gasteiger partial charge < -0.3 is 29.9 Å². The summed E-state index contributed by atoms with van der Waals surface area (Å²) in [6.07, 6.45) is -23.3. The van der Waals surface area contributed by atoms with Crippen LogP contribution in [0.15, 0.2) is 0 Å². The normalized spacial score (nSPS) is 25.3. The Bertz CT molecular complexity index is 922. The number of hydrogen-bond acceptors (Lipinski definition) is 6. The molecule has 0 saturated carbocycles. The van der Waals surface area contributed by atoms with Crippen molar-refractivity contribution in [2.75, 3.05) is 6.61 Å². The van der Waals surface area contributed by atoms with Crippen LogP contribution in [-0.2, 0) is 14.3 Å². The van der Waals surface area contributed by atoms with E-state index in [1.807, 2.05) is 0 Å². The second-order valence-corrected chi connectivity index (χ2v) is 8.00. The van der Waals surface area contributed by atoms with Crippen LogP contribution in [0.1, 0.15) is 6.42 Å². The van der Waals surface area contributed by atoms with Crippen molar-refractivity contribution >= 4 is 5.97 Å². The summed E-state index contributed by atoms with van der Waals surface area (Å²) in [5.41, 5.74) is 0. The van der Waals surface area contributed by atoms with Crippen LogP contribution in [0.5, 0.6) is 0 Å². The molecule has 0 aromatic carbocycles. The van der Waals surface area contributed by atoms with Crippen LogP contribution < -0.4 is 0 Å². The van der Waals surface area contributed by atoms with E-state index in [1.165, 1.54) is 0 Å². The van der Waals surface area contributed by atoms with E-state index in [2.05, 4.69) is 9.47 Å². The first-order valence-corrected chi connectivity index (χ1v) is 9.64. The molecule has 1 rings (SSSR count). The van der Waals surface area contributed by atoms with Crippen LogP contribution in [0.3, 0.4) is 0 Å². The number of aliphatic hydroxyl groups excluding tert-OH is 3. The van der Waals surface area contributed by atoms with Crippen LogP contribution in [0.2, 0.25) is 0 Å². The molecule has 0 aromatic heterocycles. The molecule has 1 aliphatic heterocycles. The fourth-order valence-corrected chi connectivity index (χ4v) is 2.87. The molecule has 0 radical (unpaired) electrons. The molecule has 24 heteroatoms. The summed E-state index contributed by atoms with van der Waals surface area (Å²) in [7, 11) is 0. The third kappa shape index (κ3) is 5.24. The maximum absolute atomic E-state index is 13.8. The van der Waals surface area contributed by atoms with Crippen LogP contribution in [-0.4, -0.2) is 111 Å². The van der Waals surface area contributed by atoms with Gasteiger partial charge >= 0.3 is 53.6 Å². The maximum atomic E-state index is 13.8. The van der Waals surface area contributed by atoms with Gasteiger partial charge in [-0.3, -0.25) is 0 Å². The zero-order valence-electron chi connectivity index (χ0n) is 18.2. The molecule has 1 saturated heterocycles. The van der Waals surface area contributed by atoms with E-state index in [9.17, 15) is 94.8 Å². The Labute approximate surface area is 208 Å². The van der Waals surface area contributed by atoms with Crippen LogP contribution in [0.4, 0.5) is 74.6 Å². The number of carbonyl (C=O) groups is 1. The molecule has 0 bridgehead atoms. The molecular formula is C16H13F17O7. The van der Waals surface area contributed by atoms with Crippen molar-refractivity contribution in [3.05, 3.63) is 0 Å². The van der Waals surface area contributed by atoms with E-state index in [1.54, 1.807) is 0 Å². The van der Waals surface area contributed by atoms with Gasteiger partial charge in [0.15, 0.2) is 12.4 Å². The van der Waals surface area contributed by atoms with Gasteiger partial charge in [0, 0.05) is 6.42 Å². The summed E-state index contributed by atoms with van der Waals surface area (Å²) in [6, 6.07) is 0. The van der Waals surface area contributed by atoms with Crippen LogP contribution >= 0.6 is 0 Å². The smallest absolute Gasteiger partial charge is 0.460 e. The number of rotatable bonds is 12. The lowest BCUT2D eigenvalue weighted by Gasteiger charge is -2.42. The SMILES string of the molecule is O=C(O)[C@@H](O)[C@H]1O[C@@H](OCCC(F)(F)C(F)(F)C(F)(F)C(F)(F)C(F)(F)C(F)(F)C(F)(F)C(F)(F)F)[C@H](O)[C@H]1O. The van der Waals surface area contributed by atoms with Gasteiger partial charge in [-0.05, 0) is 0 Å². The largest absolute Gasteiger partial charge is 0.479 e. The van der Waals surface area contributed by atoms with Gasteiger partial charge in [-0.15, -0.1) is 0 Å². The highest BCUT2D eigenvalue weighted by molar-refractivity contribution is 5.72. The number of alkyl halides is 17.